The van der Waals surface area contributed by atoms with Crippen molar-refractivity contribution in [2.24, 2.45) is 0 Å². The van der Waals surface area contributed by atoms with Gasteiger partial charge in [0.1, 0.15) is 6.54 Å². The maximum atomic E-state index is 13.4. The van der Waals surface area contributed by atoms with Crippen LogP contribution in [0.2, 0.25) is 0 Å². The van der Waals surface area contributed by atoms with Crippen molar-refractivity contribution in [1.29, 1.82) is 0 Å². The Kier molecular flexibility index (Phi) is 5.16. The Morgan fingerprint density at radius 1 is 1.04 bits per heavy atom. The van der Waals surface area contributed by atoms with Crippen LogP contribution in [0.25, 0.3) is 0 Å². The van der Waals surface area contributed by atoms with Crippen molar-refractivity contribution in [2.75, 3.05) is 29.9 Å². The fraction of sp³-hybridized carbons (Fsp3) is 0.211. The quantitative estimate of drug-likeness (QED) is 0.819. The van der Waals surface area contributed by atoms with Crippen LogP contribution >= 0.6 is 0 Å². The molecule has 3 amide bonds. The second kappa shape index (κ2) is 7.53. The van der Waals surface area contributed by atoms with E-state index >= 15 is 0 Å². The summed E-state index contributed by atoms with van der Waals surface area (Å²) in [5, 5.41) is 2.65. The van der Waals surface area contributed by atoms with Gasteiger partial charge in [0, 0.05) is 36.1 Å². The summed E-state index contributed by atoms with van der Waals surface area (Å²) in [5.74, 6) is -2.50. The highest BCUT2D eigenvalue weighted by Gasteiger charge is 2.31. The van der Waals surface area contributed by atoms with Crippen LogP contribution in [0.15, 0.2) is 42.5 Å². The van der Waals surface area contributed by atoms with Crippen molar-refractivity contribution in [2.45, 2.75) is 6.92 Å². The van der Waals surface area contributed by atoms with Crippen LogP contribution in [0.4, 0.5) is 25.0 Å². The van der Waals surface area contributed by atoms with Gasteiger partial charge in [-0.1, -0.05) is 0 Å². The molecule has 0 radical (unpaired) electrons. The first-order valence-electron chi connectivity index (χ1n) is 8.27. The van der Waals surface area contributed by atoms with Gasteiger partial charge in [0.15, 0.2) is 17.4 Å². The molecule has 140 valence electrons. The molecule has 0 aromatic heterocycles. The van der Waals surface area contributed by atoms with Crippen LogP contribution in [0.5, 0.6) is 0 Å². The number of nitrogens with zero attached hydrogens (tertiary/aromatic N) is 2. The third-order valence-corrected chi connectivity index (χ3v) is 4.22. The number of rotatable bonds is 5. The molecule has 1 aliphatic rings. The average molecular weight is 373 g/mol. The highest BCUT2D eigenvalue weighted by atomic mass is 19.2. The fourth-order valence-corrected chi connectivity index (χ4v) is 2.78. The molecular formula is C19H17F2N3O3. The molecule has 1 heterocycles. The van der Waals surface area contributed by atoms with Gasteiger partial charge in [0.05, 0.1) is 0 Å². The molecule has 1 saturated heterocycles. The average Bonchev–Trinajstić information content (AvgIpc) is 2.98. The number of halogens is 2. The van der Waals surface area contributed by atoms with Crippen LogP contribution in [-0.4, -0.2) is 42.3 Å². The number of anilines is 2. The van der Waals surface area contributed by atoms with Crippen LogP contribution in [0, 0.1) is 11.6 Å². The second-order valence-corrected chi connectivity index (χ2v) is 6.14. The molecule has 8 heteroatoms. The minimum absolute atomic E-state index is 0.0761. The first kappa shape index (κ1) is 18.5. The molecule has 0 saturated carbocycles. The van der Waals surface area contributed by atoms with Crippen LogP contribution < -0.4 is 10.2 Å². The summed E-state index contributed by atoms with van der Waals surface area (Å²) in [4.78, 5) is 38.5. The van der Waals surface area contributed by atoms with E-state index in [2.05, 4.69) is 5.32 Å². The molecule has 2 aromatic rings. The number of ketones is 1. The molecule has 2 aromatic carbocycles. The predicted octanol–water partition coefficient (Wildman–Crippen LogP) is 3.05. The molecule has 0 bridgehead atoms. The van der Waals surface area contributed by atoms with Crippen molar-refractivity contribution in [3.05, 3.63) is 59.7 Å². The zero-order valence-corrected chi connectivity index (χ0v) is 14.5. The largest absolute Gasteiger partial charge is 0.325 e. The van der Waals surface area contributed by atoms with E-state index in [0.717, 1.165) is 12.1 Å². The number of amides is 3. The van der Waals surface area contributed by atoms with E-state index < -0.39 is 23.6 Å². The maximum absolute atomic E-state index is 13.4. The first-order valence-corrected chi connectivity index (χ1v) is 8.27. The monoisotopic (exact) mass is 373 g/mol. The Morgan fingerprint density at radius 2 is 1.74 bits per heavy atom. The van der Waals surface area contributed by atoms with Gasteiger partial charge in [0.25, 0.3) is 0 Å². The summed E-state index contributed by atoms with van der Waals surface area (Å²) in [6.45, 7) is 1.83. The highest BCUT2D eigenvalue weighted by molar-refractivity contribution is 6.00. The van der Waals surface area contributed by atoms with E-state index in [9.17, 15) is 23.2 Å². The number of nitrogens with one attached hydrogen (secondary N) is 1. The van der Waals surface area contributed by atoms with Crippen LogP contribution in [0.1, 0.15) is 17.3 Å². The van der Waals surface area contributed by atoms with Crippen molar-refractivity contribution in [3.8, 4) is 0 Å². The number of carbonyl (C=O) groups excluding carboxylic acids is 3. The summed E-state index contributed by atoms with van der Waals surface area (Å²) in [5.41, 5.74) is 1.28. The van der Waals surface area contributed by atoms with Gasteiger partial charge in [-0.3, -0.25) is 14.5 Å². The number of hydrogen-bond acceptors (Lipinski definition) is 3. The molecule has 1 aliphatic heterocycles. The molecule has 0 spiro atoms. The lowest BCUT2D eigenvalue weighted by molar-refractivity contribution is -0.116. The third-order valence-electron chi connectivity index (χ3n) is 4.22. The van der Waals surface area contributed by atoms with Crippen molar-refractivity contribution < 1.29 is 23.2 Å². The maximum Gasteiger partial charge on any atom is 0.325 e. The minimum Gasteiger partial charge on any atom is -0.325 e. The van der Waals surface area contributed by atoms with Crippen molar-refractivity contribution in [3.63, 3.8) is 0 Å². The Labute approximate surface area is 154 Å². The topological polar surface area (TPSA) is 69.7 Å². The lowest BCUT2D eigenvalue weighted by Crippen LogP contribution is -2.37. The predicted molar refractivity (Wildman–Crippen MR) is 95.7 cm³/mol. The van der Waals surface area contributed by atoms with Gasteiger partial charge in [-0.25, -0.2) is 13.6 Å². The molecule has 27 heavy (non-hydrogen) atoms. The normalized spacial score (nSPS) is 13.8. The summed E-state index contributed by atoms with van der Waals surface area (Å²) >= 11 is 0. The fourth-order valence-electron chi connectivity index (χ4n) is 2.78. The molecule has 1 fully saturated rings. The number of Topliss-reactive ketones (excluding diaryl/α,β-unsaturated/α-hetero) is 1. The third kappa shape index (κ3) is 4.11. The number of carbonyl (C=O) groups is 3. The van der Waals surface area contributed by atoms with Gasteiger partial charge in [-0.2, -0.15) is 0 Å². The molecule has 0 unspecified atom stereocenters. The van der Waals surface area contributed by atoms with Crippen molar-refractivity contribution >= 4 is 29.1 Å². The van der Waals surface area contributed by atoms with E-state index in [1.165, 1.54) is 22.8 Å². The second-order valence-electron chi connectivity index (χ2n) is 6.14. The molecule has 3 rings (SSSR count). The molecule has 0 aliphatic carbocycles. The summed E-state index contributed by atoms with van der Waals surface area (Å²) in [7, 11) is 0. The molecule has 1 N–H and O–H groups in total. The standard InChI is InChI=1S/C19H17F2N3O3/c1-12(25)13-2-4-14(5-3-13)22-18(26)11-23-8-9-24(19(23)27)15-6-7-16(20)17(21)10-15/h2-7,10H,8-9,11H2,1H3,(H,22,26). The Morgan fingerprint density at radius 3 is 2.37 bits per heavy atom. The highest BCUT2D eigenvalue weighted by Crippen LogP contribution is 2.22. The van der Waals surface area contributed by atoms with Gasteiger partial charge < -0.3 is 10.2 Å². The lowest BCUT2D eigenvalue weighted by atomic mass is 10.1. The molecule has 0 atom stereocenters. The summed E-state index contributed by atoms with van der Waals surface area (Å²) in [6, 6.07) is 9.18. The molecule has 6 nitrogen and oxygen atoms in total. The summed E-state index contributed by atoms with van der Waals surface area (Å²) < 4.78 is 26.4. The van der Waals surface area contributed by atoms with Gasteiger partial charge in [-0.15, -0.1) is 0 Å². The van der Waals surface area contributed by atoms with E-state index in [4.69, 9.17) is 0 Å². The van der Waals surface area contributed by atoms with Crippen molar-refractivity contribution in [1.82, 2.24) is 4.90 Å². The smallest absolute Gasteiger partial charge is 0.325 e. The minimum atomic E-state index is -1.04. The lowest BCUT2D eigenvalue weighted by Gasteiger charge is -2.18. The van der Waals surface area contributed by atoms with Crippen LogP contribution in [-0.2, 0) is 4.79 Å². The van der Waals surface area contributed by atoms with E-state index in [1.54, 1.807) is 24.3 Å². The number of hydrogen-bond donors (Lipinski definition) is 1. The van der Waals surface area contributed by atoms with E-state index in [0.29, 0.717) is 11.3 Å². The SMILES string of the molecule is CC(=O)c1ccc(NC(=O)CN2CCN(c3ccc(F)c(F)c3)C2=O)cc1. The van der Waals surface area contributed by atoms with Gasteiger partial charge in [-0.05, 0) is 43.3 Å². The zero-order chi connectivity index (χ0) is 19.6. The number of urea groups is 1. The Balaban J connectivity index is 1.60. The van der Waals surface area contributed by atoms with Crippen LogP contribution in [0.3, 0.4) is 0 Å². The summed E-state index contributed by atoms with van der Waals surface area (Å²) in [6.07, 6.45) is 0. The number of benzene rings is 2. The van der Waals surface area contributed by atoms with E-state index in [-0.39, 0.29) is 31.1 Å². The van der Waals surface area contributed by atoms with E-state index in [1.807, 2.05) is 0 Å². The molecular weight excluding hydrogens is 356 g/mol. The van der Waals surface area contributed by atoms with Gasteiger partial charge >= 0.3 is 6.03 Å². The van der Waals surface area contributed by atoms with Gasteiger partial charge in [0.2, 0.25) is 5.91 Å². The first-order chi connectivity index (χ1) is 12.8. The Hall–Kier alpha value is -3.29. The Bertz CT molecular complexity index is 900. The zero-order valence-electron chi connectivity index (χ0n) is 14.5.